The Morgan fingerprint density at radius 3 is 2.80 bits per heavy atom. The van der Waals surface area contributed by atoms with Crippen LogP contribution in [0.3, 0.4) is 0 Å². The number of ether oxygens (including phenoxy) is 2. The van der Waals surface area contributed by atoms with Gasteiger partial charge in [-0.15, -0.1) is 0 Å². The van der Waals surface area contributed by atoms with Gasteiger partial charge in [-0.1, -0.05) is 17.7 Å². The van der Waals surface area contributed by atoms with E-state index in [1.807, 2.05) is 32.0 Å². The van der Waals surface area contributed by atoms with Crippen molar-refractivity contribution in [1.82, 2.24) is 10.3 Å². The van der Waals surface area contributed by atoms with Crippen molar-refractivity contribution in [2.45, 2.75) is 26.5 Å². The van der Waals surface area contributed by atoms with E-state index in [9.17, 15) is 4.79 Å². The van der Waals surface area contributed by atoms with Crippen molar-refractivity contribution in [2.24, 2.45) is 0 Å². The molecule has 0 saturated carbocycles. The maximum absolute atomic E-state index is 11.9. The number of amides is 1. The van der Waals surface area contributed by atoms with E-state index in [4.69, 9.17) is 21.1 Å². The van der Waals surface area contributed by atoms with Gasteiger partial charge in [-0.2, -0.15) is 0 Å². The Balaban J connectivity index is 2.04. The van der Waals surface area contributed by atoms with Crippen LogP contribution in [0.1, 0.15) is 25.1 Å². The van der Waals surface area contributed by atoms with Gasteiger partial charge in [-0.3, -0.25) is 9.78 Å². The monoisotopic (exact) mass is 360 g/mol. The highest BCUT2D eigenvalue weighted by atomic mass is 35.5. The SMILES string of the molecule is COc1cc(/C=C/C(=O)NCc2ccccn2)cc(Cl)c1OC(C)C. The molecule has 2 rings (SSSR count). The predicted octanol–water partition coefficient (Wildman–Crippen LogP) is 3.86. The summed E-state index contributed by atoms with van der Waals surface area (Å²) in [6.45, 7) is 4.19. The lowest BCUT2D eigenvalue weighted by molar-refractivity contribution is -0.116. The summed E-state index contributed by atoms with van der Waals surface area (Å²) in [6, 6.07) is 9.05. The molecular weight excluding hydrogens is 340 g/mol. The molecule has 0 aliphatic heterocycles. The molecule has 25 heavy (non-hydrogen) atoms. The van der Waals surface area contributed by atoms with E-state index >= 15 is 0 Å². The van der Waals surface area contributed by atoms with E-state index < -0.39 is 0 Å². The van der Waals surface area contributed by atoms with Crippen LogP contribution in [0.4, 0.5) is 0 Å². The standard InChI is InChI=1S/C19H21ClN2O3/c1-13(2)25-19-16(20)10-14(11-17(19)24-3)7-8-18(23)22-12-15-6-4-5-9-21-15/h4-11,13H,12H2,1-3H3,(H,22,23)/b8-7+. The molecule has 132 valence electrons. The lowest BCUT2D eigenvalue weighted by Gasteiger charge is -2.15. The van der Waals surface area contributed by atoms with Gasteiger partial charge >= 0.3 is 0 Å². The number of nitrogens with zero attached hydrogens (tertiary/aromatic N) is 1. The Bertz CT molecular complexity index is 746. The minimum Gasteiger partial charge on any atom is -0.493 e. The Morgan fingerprint density at radius 2 is 2.16 bits per heavy atom. The summed E-state index contributed by atoms with van der Waals surface area (Å²) in [5.74, 6) is 0.800. The number of halogens is 1. The van der Waals surface area contributed by atoms with Crippen LogP contribution in [0.15, 0.2) is 42.6 Å². The lowest BCUT2D eigenvalue weighted by atomic mass is 10.2. The number of pyridine rings is 1. The smallest absolute Gasteiger partial charge is 0.244 e. The topological polar surface area (TPSA) is 60.5 Å². The van der Waals surface area contributed by atoms with Gasteiger partial charge in [-0.05, 0) is 49.8 Å². The highest BCUT2D eigenvalue weighted by Gasteiger charge is 2.12. The van der Waals surface area contributed by atoms with Crippen LogP contribution in [-0.4, -0.2) is 24.1 Å². The molecule has 0 aliphatic carbocycles. The number of benzene rings is 1. The number of carbonyl (C=O) groups is 1. The molecule has 1 N–H and O–H groups in total. The van der Waals surface area contributed by atoms with Crippen molar-refractivity contribution in [3.8, 4) is 11.5 Å². The first-order chi connectivity index (χ1) is 12.0. The third-order valence-corrected chi connectivity index (χ3v) is 3.48. The number of carbonyl (C=O) groups excluding carboxylic acids is 1. The Labute approximate surface area is 152 Å². The van der Waals surface area contributed by atoms with E-state index in [-0.39, 0.29) is 12.0 Å². The van der Waals surface area contributed by atoms with Crippen molar-refractivity contribution < 1.29 is 14.3 Å². The van der Waals surface area contributed by atoms with Crippen molar-refractivity contribution in [3.63, 3.8) is 0 Å². The molecular formula is C19H21ClN2O3. The second kappa shape index (κ2) is 9.08. The Hall–Kier alpha value is -2.53. The highest BCUT2D eigenvalue weighted by molar-refractivity contribution is 6.32. The van der Waals surface area contributed by atoms with Gasteiger partial charge in [0.05, 0.1) is 30.5 Å². The normalized spacial score (nSPS) is 10.9. The largest absolute Gasteiger partial charge is 0.493 e. The summed E-state index contributed by atoms with van der Waals surface area (Å²) in [7, 11) is 1.55. The van der Waals surface area contributed by atoms with Gasteiger partial charge in [0.1, 0.15) is 0 Å². The zero-order valence-electron chi connectivity index (χ0n) is 14.5. The van der Waals surface area contributed by atoms with Crippen LogP contribution < -0.4 is 14.8 Å². The van der Waals surface area contributed by atoms with E-state index in [2.05, 4.69) is 10.3 Å². The summed E-state index contributed by atoms with van der Waals surface area (Å²) in [6.07, 6.45) is 4.77. The molecule has 6 heteroatoms. The number of rotatable bonds is 7. The molecule has 2 aromatic rings. The average molecular weight is 361 g/mol. The number of hydrogen-bond acceptors (Lipinski definition) is 4. The summed E-state index contributed by atoms with van der Waals surface area (Å²) in [4.78, 5) is 16.1. The molecule has 0 bridgehead atoms. The average Bonchev–Trinajstić information content (AvgIpc) is 2.60. The number of aromatic nitrogens is 1. The van der Waals surface area contributed by atoms with Crippen molar-refractivity contribution in [2.75, 3.05) is 7.11 Å². The minimum atomic E-state index is -0.219. The molecule has 5 nitrogen and oxygen atoms in total. The summed E-state index contributed by atoms with van der Waals surface area (Å²) in [5.41, 5.74) is 1.54. The van der Waals surface area contributed by atoms with Gasteiger partial charge in [0.15, 0.2) is 11.5 Å². The number of methoxy groups -OCH3 is 1. The van der Waals surface area contributed by atoms with Crippen LogP contribution in [0.5, 0.6) is 11.5 Å². The van der Waals surface area contributed by atoms with E-state index in [1.54, 1.807) is 31.5 Å². The van der Waals surface area contributed by atoms with Crippen LogP contribution in [0.25, 0.3) is 6.08 Å². The third-order valence-electron chi connectivity index (χ3n) is 3.20. The molecule has 1 heterocycles. The van der Waals surface area contributed by atoms with Gasteiger partial charge in [0.2, 0.25) is 5.91 Å². The van der Waals surface area contributed by atoms with Gasteiger partial charge in [0, 0.05) is 12.3 Å². The molecule has 1 aromatic heterocycles. The van der Waals surface area contributed by atoms with Crippen molar-refractivity contribution in [3.05, 3.63) is 58.9 Å². The zero-order chi connectivity index (χ0) is 18.2. The van der Waals surface area contributed by atoms with Gasteiger partial charge < -0.3 is 14.8 Å². The van der Waals surface area contributed by atoms with Crippen molar-refractivity contribution in [1.29, 1.82) is 0 Å². The maximum atomic E-state index is 11.9. The molecule has 1 amide bonds. The molecule has 0 fully saturated rings. The molecule has 0 spiro atoms. The second-order valence-electron chi connectivity index (χ2n) is 5.57. The first kappa shape index (κ1) is 18.8. The summed E-state index contributed by atoms with van der Waals surface area (Å²) in [5, 5.41) is 3.20. The number of hydrogen-bond donors (Lipinski definition) is 1. The van der Waals surface area contributed by atoms with E-state index in [0.717, 1.165) is 11.3 Å². The first-order valence-corrected chi connectivity index (χ1v) is 8.27. The summed E-state index contributed by atoms with van der Waals surface area (Å²) >= 11 is 6.27. The molecule has 0 unspecified atom stereocenters. The predicted molar refractivity (Wildman–Crippen MR) is 98.9 cm³/mol. The summed E-state index contributed by atoms with van der Waals surface area (Å²) < 4.78 is 11.0. The van der Waals surface area contributed by atoms with Crippen LogP contribution in [-0.2, 0) is 11.3 Å². The zero-order valence-corrected chi connectivity index (χ0v) is 15.2. The van der Waals surface area contributed by atoms with Crippen molar-refractivity contribution >= 4 is 23.6 Å². The van der Waals surface area contributed by atoms with Gasteiger partial charge in [0.25, 0.3) is 0 Å². The Morgan fingerprint density at radius 1 is 1.36 bits per heavy atom. The van der Waals surface area contributed by atoms with Crippen LogP contribution in [0.2, 0.25) is 5.02 Å². The van der Waals surface area contributed by atoms with E-state index in [0.29, 0.717) is 23.1 Å². The Kier molecular flexibility index (Phi) is 6.83. The highest BCUT2D eigenvalue weighted by Crippen LogP contribution is 2.37. The molecule has 0 aliphatic rings. The van der Waals surface area contributed by atoms with E-state index in [1.165, 1.54) is 6.08 Å². The fraction of sp³-hybridized carbons (Fsp3) is 0.263. The quantitative estimate of drug-likeness (QED) is 0.761. The minimum absolute atomic E-state index is 0.0230. The first-order valence-electron chi connectivity index (χ1n) is 7.89. The number of nitrogens with one attached hydrogen (secondary N) is 1. The molecule has 0 atom stereocenters. The van der Waals surface area contributed by atoms with Gasteiger partial charge in [-0.25, -0.2) is 0 Å². The molecule has 0 radical (unpaired) electrons. The van der Waals surface area contributed by atoms with Crippen LogP contribution >= 0.6 is 11.6 Å². The van der Waals surface area contributed by atoms with Crippen LogP contribution in [0, 0.1) is 0 Å². The lowest BCUT2D eigenvalue weighted by Crippen LogP contribution is -2.20. The molecule has 1 aromatic carbocycles. The fourth-order valence-electron chi connectivity index (χ4n) is 2.10. The maximum Gasteiger partial charge on any atom is 0.244 e. The fourth-order valence-corrected chi connectivity index (χ4v) is 2.36. The second-order valence-corrected chi connectivity index (χ2v) is 5.98. The third kappa shape index (κ3) is 5.80. The molecule has 0 saturated heterocycles.